The first-order valence-electron chi connectivity index (χ1n) is 3.70. The van der Waals surface area contributed by atoms with Gasteiger partial charge in [-0.3, -0.25) is 5.10 Å². The number of hydrogen-bond donors (Lipinski definition) is 3. The number of hydrogen-bond acceptors (Lipinski definition) is 4. The Balaban J connectivity index is 2.64. The van der Waals surface area contributed by atoms with E-state index in [0.717, 1.165) is 0 Å². The molecule has 1 rings (SSSR count). The van der Waals surface area contributed by atoms with E-state index in [9.17, 15) is 0 Å². The fraction of sp³-hybridized carbons (Fsp3) is 0.667. The molecule has 12 heavy (non-hydrogen) atoms. The van der Waals surface area contributed by atoms with Gasteiger partial charge < -0.3 is 10.9 Å². The number of aromatic nitrogens is 3. The fourth-order valence-electron chi connectivity index (χ4n) is 0.852. The largest absolute Gasteiger partial charge is 0.393 e. The number of nitrogens with two attached hydrogens (primary N) is 1. The molecule has 0 bridgehead atoms. The molecule has 68 valence electrons. The standard InChI is InChI=1S/C6H12N4OS/c1-4(11)2-3-5-8-9-6(12)10(5)7/h4,11H,2-3,7H2,1H3,(H,9,12). The fourth-order valence-corrected chi connectivity index (χ4v) is 1.00. The lowest BCUT2D eigenvalue weighted by atomic mass is 10.2. The number of aliphatic hydroxyl groups excluding tert-OH is 1. The van der Waals surface area contributed by atoms with Crippen LogP contribution in [0.5, 0.6) is 0 Å². The van der Waals surface area contributed by atoms with Crippen LogP contribution in [0.1, 0.15) is 19.2 Å². The molecule has 0 fully saturated rings. The smallest absolute Gasteiger partial charge is 0.214 e. The highest BCUT2D eigenvalue weighted by atomic mass is 32.1. The summed E-state index contributed by atoms with van der Waals surface area (Å²) in [5.74, 6) is 6.19. The molecule has 0 aliphatic heterocycles. The maximum atomic E-state index is 9.00. The van der Waals surface area contributed by atoms with Crippen molar-refractivity contribution in [3.05, 3.63) is 10.6 Å². The highest BCUT2D eigenvalue weighted by molar-refractivity contribution is 7.71. The van der Waals surface area contributed by atoms with Crippen molar-refractivity contribution in [2.24, 2.45) is 0 Å². The first kappa shape index (κ1) is 9.21. The van der Waals surface area contributed by atoms with Crippen LogP contribution in [0.4, 0.5) is 0 Å². The van der Waals surface area contributed by atoms with Gasteiger partial charge in [-0.15, -0.1) is 0 Å². The van der Waals surface area contributed by atoms with Gasteiger partial charge in [-0.1, -0.05) is 0 Å². The third-order valence-electron chi connectivity index (χ3n) is 1.56. The van der Waals surface area contributed by atoms with Crippen LogP contribution in [0.2, 0.25) is 0 Å². The van der Waals surface area contributed by atoms with Gasteiger partial charge in [0.05, 0.1) is 6.10 Å². The predicted molar refractivity (Wildman–Crippen MR) is 47.6 cm³/mol. The molecule has 1 atom stereocenters. The van der Waals surface area contributed by atoms with Crippen molar-refractivity contribution >= 4 is 12.2 Å². The van der Waals surface area contributed by atoms with Crippen LogP contribution in [0, 0.1) is 4.77 Å². The number of H-pyrrole nitrogens is 1. The number of aryl methyl sites for hydroxylation is 1. The monoisotopic (exact) mass is 188 g/mol. The van der Waals surface area contributed by atoms with E-state index in [2.05, 4.69) is 10.2 Å². The van der Waals surface area contributed by atoms with Crippen molar-refractivity contribution in [3.63, 3.8) is 0 Å². The number of aliphatic hydroxyl groups is 1. The average Bonchev–Trinajstić information content (AvgIpc) is 2.30. The first-order chi connectivity index (χ1) is 5.61. The summed E-state index contributed by atoms with van der Waals surface area (Å²) in [7, 11) is 0. The van der Waals surface area contributed by atoms with E-state index < -0.39 is 0 Å². The van der Waals surface area contributed by atoms with Crippen molar-refractivity contribution < 1.29 is 5.11 Å². The van der Waals surface area contributed by atoms with E-state index in [0.29, 0.717) is 23.4 Å². The van der Waals surface area contributed by atoms with Gasteiger partial charge in [-0.2, -0.15) is 5.10 Å². The highest BCUT2D eigenvalue weighted by Gasteiger charge is 2.04. The van der Waals surface area contributed by atoms with E-state index >= 15 is 0 Å². The minimum atomic E-state index is -0.338. The van der Waals surface area contributed by atoms with E-state index in [1.54, 1.807) is 6.92 Å². The van der Waals surface area contributed by atoms with Gasteiger partial charge in [0, 0.05) is 6.42 Å². The van der Waals surface area contributed by atoms with Crippen LogP contribution in [-0.4, -0.2) is 26.1 Å². The maximum absolute atomic E-state index is 9.00. The van der Waals surface area contributed by atoms with Crippen LogP contribution in [0.15, 0.2) is 0 Å². The van der Waals surface area contributed by atoms with Crippen molar-refractivity contribution in [1.29, 1.82) is 0 Å². The molecule has 0 saturated heterocycles. The Bertz CT molecular complexity index is 303. The average molecular weight is 188 g/mol. The number of nitrogens with one attached hydrogen (secondary N) is 1. The van der Waals surface area contributed by atoms with Gasteiger partial charge >= 0.3 is 0 Å². The van der Waals surface area contributed by atoms with Gasteiger partial charge in [0.2, 0.25) is 4.77 Å². The Hall–Kier alpha value is -0.880. The lowest BCUT2D eigenvalue weighted by Gasteiger charge is -2.02. The molecule has 1 heterocycles. The van der Waals surface area contributed by atoms with E-state index in [1.165, 1.54) is 4.68 Å². The van der Waals surface area contributed by atoms with Crippen molar-refractivity contribution in [3.8, 4) is 0 Å². The maximum Gasteiger partial charge on any atom is 0.214 e. The predicted octanol–water partition coefficient (Wildman–Crippen LogP) is -0.0321. The summed E-state index contributed by atoms with van der Waals surface area (Å²) in [6.07, 6.45) is 0.924. The summed E-state index contributed by atoms with van der Waals surface area (Å²) in [4.78, 5) is 0. The van der Waals surface area contributed by atoms with Crippen LogP contribution < -0.4 is 5.84 Å². The molecule has 1 unspecified atom stereocenters. The zero-order valence-corrected chi connectivity index (χ0v) is 7.64. The second-order valence-corrected chi connectivity index (χ2v) is 3.09. The Kier molecular flexibility index (Phi) is 2.83. The summed E-state index contributed by atoms with van der Waals surface area (Å²) >= 11 is 4.81. The van der Waals surface area contributed by atoms with E-state index in [4.69, 9.17) is 23.2 Å². The molecule has 0 spiro atoms. The lowest BCUT2D eigenvalue weighted by Crippen LogP contribution is -2.14. The zero-order chi connectivity index (χ0) is 9.14. The SMILES string of the molecule is CC(O)CCc1n[nH]c(=S)n1N. The molecule has 0 amide bonds. The molecule has 6 heteroatoms. The van der Waals surface area contributed by atoms with E-state index in [-0.39, 0.29) is 6.10 Å². The summed E-state index contributed by atoms with van der Waals surface area (Å²) < 4.78 is 1.72. The summed E-state index contributed by atoms with van der Waals surface area (Å²) in [5, 5.41) is 15.5. The normalized spacial score (nSPS) is 13.2. The quantitative estimate of drug-likeness (QED) is 0.459. The third kappa shape index (κ3) is 2.05. The molecule has 4 N–H and O–H groups in total. The van der Waals surface area contributed by atoms with Crippen molar-refractivity contribution in [2.75, 3.05) is 5.84 Å². The van der Waals surface area contributed by atoms with E-state index in [1.807, 2.05) is 0 Å². The molecule has 5 nitrogen and oxygen atoms in total. The number of nitrogens with zero attached hydrogens (tertiary/aromatic N) is 2. The summed E-state index contributed by atoms with van der Waals surface area (Å²) in [6, 6.07) is 0. The van der Waals surface area contributed by atoms with Crippen molar-refractivity contribution in [1.82, 2.24) is 14.9 Å². The molecule has 1 aromatic rings. The minimum absolute atomic E-state index is 0.338. The summed E-state index contributed by atoms with van der Waals surface area (Å²) in [5.41, 5.74) is 0. The summed E-state index contributed by atoms with van der Waals surface area (Å²) in [6.45, 7) is 1.72. The first-order valence-corrected chi connectivity index (χ1v) is 4.11. The molecule has 1 aromatic heterocycles. The second-order valence-electron chi connectivity index (χ2n) is 2.70. The molecule has 0 saturated carbocycles. The van der Waals surface area contributed by atoms with Crippen LogP contribution >= 0.6 is 12.2 Å². The van der Waals surface area contributed by atoms with Crippen LogP contribution in [0.25, 0.3) is 0 Å². The van der Waals surface area contributed by atoms with Gasteiger partial charge in [-0.05, 0) is 25.6 Å². The Morgan fingerprint density at radius 3 is 2.92 bits per heavy atom. The minimum Gasteiger partial charge on any atom is -0.393 e. The number of rotatable bonds is 3. The molecule has 0 aliphatic carbocycles. The molecule has 0 aliphatic rings. The Labute approximate surface area is 75.2 Å². The van der Waals surface area contributed by atoms with Gasteiger partial charge in [0.1, 0.15) is 0 Å². The Morgan fingerprint density at radius 1 is 1.83 bits per heavy atom. The van der Waals surface area contributed by atoms with Crippen LogP contribution in [-0.2, 0) is 6.42 Å². The van der Waals surface area contributed by atoms with Crippen molar-refractivity contribution in [2.45, 2.75) is 25.9 Å². The Morgan fingerprint density at radius 2 is 2.50 bits per heavy atom. The molecular formula is C6H12N4OS. The van der Waals surface area contributed by atoms with Crippen LogP contribution in [0.3, 0.4) is 0 Å². The topological polar surface area (TPSA) is 79.9 Å². The van der Waals surface area contributed by atoms with Gasteiger partial charge in [0.15, 0.2) is 5.82 Å². The van der Waals surface area contributed by atoms with Gasteiger partial charge in [0.25, 0.3) is 0 Å². The molecule has 0 aromatic carbocycles. The highest BCUT2D eigenvalue weighted by Crippen LogP contribution is 1.99. The number of aromatic amines is 1. The lowest BCUT2D eigenvalue weighted by molar-refractivity contribution is 0.184. The number of nitrogen functional groups attached to an aromatic ring is 1. The molecular weight excluding hydrogens is 176 g/mol. The second kappa shape index (κ2) is 3.68. The third-order valence-corrected chi connectivity index (χ3v) is 1.85. The zero-order valence-electron chi connectivity index (χ0n) is 6.82. The molecule has 0 radical (unpaired) electrons. The van der Waals surface area contributed by atoms with Gasteiger partial charge in [-0.25, -0.2) is 4.68 Å².